The second kappa shape index (κ2) is 5.04. The molecule has 0 bridgehead atoms. The van der Waals surface area contributed by atoms with Gasteiger partial charge in [-0.05, 0) is 42.0 Å². The normalized spacial score (nSPS) is 10.4. The molecule has 2 aromatic rings. The highest BCUT2D eigenvalue weighted by molar-refractivity contribution is 5.97. The molecule has 92 valence electrons. The van der Waals surface area contributed by atoms with Crippen molar-refractivity contribution >= 4 is 5.78 Å². The fourth-order valence-corrected chi connectivity index (χ4v) is 1.57. The van der Waals surface area contributed by atoms with Gasteiger partial charge in [-0.15, -0.1) is 0 Å². The molecule has 4 heteroatoms. The molecule has 2 rings (SSSR count). The molecule has 1 nitrogen and oxygen atoms in total. The van der Waals surface area contributed by atoms with E-state index in [1.807, 2.05) is 0 Å². The Morgan fingerprint density at radius 2 is 1.56 bits per heavy atom. The molecule has 0 N–H and O–H groups in total. The average molecular weight is 250 g/mol. The molecule has 0 saturated heterocycles. The van der Waals surface area contributed by atoms with Crippen LogP contribution in [0.3, 0.4) is 0 Å². The molecule has 0 spiro atoms. The van der Waals surface area contributed by atoms with Crippen LogP contribution in [0.25, 0.3) is 0 Å². The Morgan fingerprint density at radius 3 is 2.17 bits per heavy atom. The van der Waals surface area contributed by atoms with Crippen LogP contribution in [0.2, 0.25) is 0 Å². The molecule has 0 aliphatic carbocycles. The van der Waals surface area contributed by atoms with Crippen molar-refractivity contribution < 1.29 is 18.0 Å². The van der Waals surface area contributed by atoms with Crippen LogP contribution >= 0.6 is 0 Å². The summed E-state index contributed by atoms with van der Waals surface area (Å²) in [6, 6.07) is 8.38. The third-order valence-corrected chi connectivity index (χ3v) is 2.51. The van der Waals surface area contributed by atoms with Crippen LogP contribution in [0.4, 0.5) is 13.2 Å². The number of halogens is 3. The first kappa shape index (κ1) is 12.4. The monoisotopic (exact) mass is 250 g/mol. The van der Waals surface area contributed by atoms with Gasteiger partial charge < -0.3 is 0 Å². The maximum absolute atomic E-state index is 12.9. The van der Waals surface area contributed by atoms with E-state index in [1.165, 1.54) is 30.3 Å². The van der Waals surface area contributed by atoms with Gasteiger partial charge in [-0.2, -0.15) is 0 Å². The first-order chi connectivity index (χ1) is 8.56. The molecule has 0 radical (unpaired) electrons. The molecule has 0 unspecified atom stereocenters. The highest BCUT2D eigenvalue weighted by Gasteiger charge is 2.09. The van der Waals surface area contributed by atoms with Gasteiger partial charge in [0.1, 0.15) is 5.82 Å². The minimum Gasteiger partial charge on any atom is -0.294 e. The molecular weight excluding hydrogens is 241 g/mol. The molecule has 0 aliphatic rings. The number of Topliss-reactive ketones (excluding diaryl/α,β-unsaturated/α-hetero) is 1. The zero-order chi connectivity index (χ0) is 13.1. The minimum absolute atomic E-state index is 0.0527. The number of hydrogen-bond donors (Lipinski definition) is 0. The Balaban J connectivity index is 2.16. The van der Waals surface area contributed by atoms with Gasteiger partial charge in [-0.25, -0.2) is 13.2 Å². The summed E-state index contributed by atoms with van der Waals surface area (Å²) in [6.07, 6.45) is -0.0527. The highest BCUT2D eigenvalue weighted by Crippen LogP contribution is 2.12. The van der Waals surface area contributed by atoms with Crippen LogP contribution in [0.15, 0.2) is 42.5 Å². The molecule has 0 aliphatic heterocycles. The predicted octanol–water partition coefficient (Wildman–Crippen LogP) is 3.53. The molecular formula is C14H9F3O. The first-order valence-electron chi connectivity index (χ1n) is 5.29. The van der Waals surface area contributed by atoms with Gasteiger partial charge in [0, 0.05) is 12.0 Å². The van der Waals surface area contributed by atoms with Crippen LogP contribution in [0.5, 0.6) is 0 Å². The van der Waals surface area contributed by atoms with Gasteiger partial charge >= 0.3 is 0 Å². The molecule has 0 atom stereocenters. The van der Waals surface area contributed by atoms with E-state index in [2.05, 4.69) is 0 Å². The summed E-state index contributed by atoms with van der Waals surface area (Å²) in [6.45, 7) is 0. The molecule has 0 saturated carbocycles. The van der Waals surface area contributed by atoms with Gasteiger partial charge in [-0.3, -0.25) is 4.79 Å². The van der Waals surface area contributed by atoms with E-state index in [0.29, 0.717) is 11.1 Å². The Hall–Kier alpha value is -2.10. The zero-order valence-corrected chi connectivity index (χ0v) is 9.29. The van der Waals surface area contributed by atoms with E-state index in [1.54, 1.807) is 0 Å². The first-order valence-corrected chi connectivity index (χ1v) is 5.29. The summed E-state index contributed by atoms with van der Waals surface area (Å²) in [5.41, 5.74) is 0.712. The average Bonchev–Trinajstić information content (AvgIpc) is 2.34. The van der Waals surface area contributed by atoms with E-state index in [0.717, 1.165) is 12.1 Å². The van der Waals surface area contributed by atoms with E-state index in [4.69, 9.17) is 0 Å². The number of benzene rings is 2. The Kier molecular flexibility index (Phi) is 3.46. The smallest absolute Gasteiger partial charge is 0.167 e. The molecule has 0 fully saturated rings. The van der Waals surface area contributed by atoms with Crippen molar-refractivity contribution in [3.63, 3.8) is 0 Å². The highest BCUT2D eigenvalue weighted by atomic mass is 19.2. The van der Waals surface area contributed by atoms with Crippen molar-refractivity contribution in [2.24, 2.45) is 0 Å². The maximum atomic E-state index is 12.9. The molecule has 2 aromatic carbocycles. The lowest BCUT2D eigenvalue weighted by molar-refractivity contribution is 0.0993. The lowest BCUT2D eigenvalue weighted by atomic mass is 10.0. The van der Waals surface area contributed by atoms with E-state index >= 15 is 0 Å². The topological polar surface area (TPSA) is 17.1 Å². The van der Waals surface area contributed by atoms with Crippen molar-refractivity contribution in [1.82, 2.24) is 0 Å². The largest absolute Gasteiger partial charge is 0.294 e. The summed E-state index contributed by atoms with van der Waals surface area (Å²) in [4.78, 5) is 11.8. The number of ketones is 1. The van der Waals surface area contributed by atoms with Gasteiger partial charge in [0.15, 0.2) is 17.4 Å². The number of carbonyl (C=O) groups excluding carboxylic acids is 1. The van der Waals surface area contributed by atoms with Gasteiger partial charge in [0.2, 0.25) is 0 Å². The molecule has 18 heavy (non-hydrogen) atoms. The van der Waals surface area contributed by atoms with Crippen molar-refractivity contribution in [2.75, 3.05) is 0 Å². The number of hydrogen-bond acceptors (Lipinski definition) is 1. The summed E-state index contributed by atoms with van der Waals surface area (Å²) < 4.78 is 38.3. The van der Waals surface area contributed by atoms with Crippen molar-refractivity contribution in [3.05, 3.63) is 71.0 Å². The Bertz CT molecular complexity index is 576. The standard InChI is InChI=1S/C14H9F3O/c15-11-4-2-10(3-5-11)14(18)8-9-1-6-12(16)13(17)7-9/h1-7H,8H2. The second-order valence-electron chi connectivity index (χ2n) is 3.86. The van der Waals surface area contributed by atoms with Crippen LogP contribution in [0, 0.1) is 17.5 Å². The third kappa shape index (κ3) is 2.77. The van der Waals surface area contributed by atoms with Crippen molar-refractivity contribution in [1.29, 1.82) is 0 Å². The fourth-order valence-electron chi connectivity index (χ4n) is 1.57. The lowest BCUT2D eigenvalue weighted by Gasteiger charge is -2.02. The second-order valence-corrected chi connectivity index (χ2v) is 3.86. The van der Waals surface area contributed by atoms with Gasteiger partial charge in [0.05, 0.1) is 0 Å². The summed E-state index contributed by atoms with van der Waals surface area (Å²) in [5.74, 6) is -2.65. The molecule has 0 amide bonds. The quantitative estimate of drug-likeness (QED) is 0.761. The summed E-state index contributed by atoms with van der Waals surface area (Å²) in [5, 5.41) is 0. The maximum Gasteiger partial charge on any atom is 0.167 e. The molecule has 0 heterocycles. The summed E-state index contributed by atoms with van der Waals surface area (Å²) in [7, 11) is 0. The van der Waals surface area contributed by atoms with Crippen LogP contribution in [-0.2, 0) is 6.42 Å². The number of rotatable bonds is 3. The Labute approximate surface area is 102 Å². The van der Waals surface area contributed by atoms with Crippen LogP contribution < -0.4 is 0 Å². The van der Waals surface area contributed by atoms with Crippen LogP contribution in [-0.4, -0.2) is 5.78 Å². The van der Waals surface area contributed by atoms with Crippen molar-refractivity contribution in [3.8, 4) is 0 Å². The van der Waals surface area contributed by atoms with E-state index in [9.17, 15) is 18.0 Å². The third-order valence-electron chi connectivity index (χ3n) is 2.51. The summed E-state index contributed by atoms with van der Waals surface area (Å²) >= 11 is 0. The Morgan fingerprint density at radius 1 is 0.889 bits per heavy atom. The van der Waals surface area contributed by atoms with Crippen LogP contribution in [0.1, 0.15) is 15.9 Å². The van der Waals surface area contributed by atoms with Crippen molar-refractivity contribution in [2.45, 2.75) is 6.42 Å². The van der Waals surface area contributed by atoms with Gasteiger partial charge in [0.25, 0.3) is 0 Å². The lowest BCUT2D eigenvalue weighted by Crippen LogP contribution is -2.04. The van der Waals surface area contributed by atoms with E-state index in [-0.39, 0.29) is 12.2 Å². The molecule has 0 aromatic heterocycles. The zero-order valence-electron chi connectivity index (χ0n) is 9.29. The number of carbonyl (C=O) groups is 1. The van der Waals surface area contributed by atoms with Gasteiger partial charge in [-0.1, -0.05) is 6.07 Å². The minimum atomic E-state index is -0.987. The SMILES string of the molecule is O=C(Cc1ccc(F)c(F)c1)c1ccc(F)cc1. The fraction of sp³-hybridized carbons (Fsp3) is 0.0714. The predicted molar refractivity (Wildman–Crippen MR) is 60.8 cm³/mol. The van der Waals surface area contributed by atoms with E-state index < -0.39 is 17.5 Å².